The molecule has 3 atom stereocenters. The lowest BCUT2D eigenvalue weighted by molar-refractivity contribution is 0.0686. The van der Waals surface area contributed by atoms with Crippen molar-refractivity contribution in [1.29, 1.82) is 0 Å². The summed E-state index contributed by atoms with van der Waals surface area (Å²) in [7, 11) is 0. The van der Waals surface area contributed by atoms with Gasteiger partial charge in [-0.3, -0.25) is 4.90 Å². The van der Waals surface area contributed by atoms with Crippen LogP contribution in [0.15, 0.2) is 46.9 Å². The molecule has 0 amide bonds. The summed E-state index contributed by atoms with van der Waals surface area (Å²) in [6.07, 6.45) is 3.89. The highest BCUT2D eigenvalue weighted by atomic mass is 79.9. The van der Waals surface area contributed by atoms with E-state index in [1.807, 2.05) is 12.1 Å². The average Bonchev–Trinajstić information content (AvgIpc) is 3.20. The second-order valence-corrected chi connectivity index (χ2v) is 8.93. The molecule has 0 N–H and O–H groups in total. The minimum atomic E-state index is -0.153. The smallest absolute Gasteiger partial charge is 0.123 e. The van der Waals surface area contributed by atoms with Gasteiger partial charge in [0.1, 0.15) is 5.82 Å². The normalized spacial score (nSPS) is 24.5. The van der Waals surface area contributed by atoms with Gasteiger partial charge in [0, 0.05) is 30.7 Å². The molecule has 1 heterocycles. The Morgan fingerprint density at radius 2 is 1.96 bits per heavy atom. The number of hydrogen-bond acceptors (Lipinski definition) is 2. The molecule has 1 saturated carbocycles. The molecular weight excluding hydrogens is 405 g/mol. The lowest BCUT2D eigenvalue weighted by atomic mass is 10.1. The summed E-state index contributed by atoms with van der Waals surface area (Å²) >= 11 is 3.73. The molecule has 2 fully saturated rings. The van der Waals surface area contributed by atoms with Gasteiger partial charge in [-0.1, -0.05) is 40.2 Å². The second-order valence-electron chi connectivity index (χ2n) is 8.08. The Labute approximate surface area is 169 Å². The molecule has 1 aliphatic carbocycles. The van der Waals surface area contributed by atoms with E-state index in [-0.39, 0.29) is 5.82 Å². The van der Waals surface area contributed by atoms with E-state index >= 15 is 0 Å². The van der Waals surface area contributed by atoms with Crippen molar-refractivity contribution in [3.05, 3.63) is 69.4 Å². The largest absolute Gasteiger partial charge is 0.377 e. The Bertz CT molecular complexity index is 772. The van der Waals surface area contributed by atoms with E-state index in [4.69, 9.17) is 4.74 Å². The first-order chi connectivity index (χ1) is 13.1. The van der Waals surface area contributed by atoms with Crippen LogP contribution in [-0.4, -0.2) is 30.7 Å². The zero-order valence-electron chi connectivity index (χ0n) is 15.8. The predicted octanol–water partition coefficient (Wildman–Crippen LogP) is 5.68. The first kappa shape index (κ1) is 19.1. The van der Waals surface area contributed by atoms with Crippen molar-refractivity contribution in [2.45, 2.75) is 44.8 Å². The fraction of sp³-hybridized carbons (Fsp3) is 0.478. The maximum absolute atomic E-state index is 13.2. The summed E-state index contributed by atoms with van der Waals surface area (Å²) in [4.78, 5) is 2.56. The maximum atomic E-state index is 13.2. The zero-order chi connectivity index (χ0) is 18.8. The van der Waals surface area contributed by atoms with Gasteiger partial charge in [0.05, 0.1) is 6.10 Å². The van der Waals surface area contributed by atoms with Crippen molar-refractivity contribution < 1.29 is 9.13 Å². The molecule has 2 aliphatic rings. The van der Waals surface area contributed by atoms with Crippen LogP contribution in [0.1, 0.15) is 41.9 Å². The van der Waals surface area contributed by atoms with E-state index in [0.29, 0.717) is 17.9 Å². The minimum absolute atomic E-state index is 0.153. The van der Waals surface area contributed by atoms with Crippen LogP contribution in [0.3, 0.4) is 0 Å². The summed E-state index contributed by atoms with van der Waals surface area (Å²) in [6.45, 7) is 6.02. The summed E-state index contributed by atoms with van der Waals surface area (Å²) in [5, 5.41) is 0. The Balaban J connectivity index is 1.42. The topological polar surface area (TPSA) is 12.5 Å². The molecule has 2 aromatic rings. The van der Waals surface area contributed by atoms with E-state index in [9.17, 15) is 4.39 Å². The molecule has 0 bridgehead atoms. The number of aryl methyl sites for hydroxylation is 1. The molecule has 3 unspecified atom stereocenters. The highest BCUT2D eigenvalue weighted by Gasteiger charge is 2.39. The lowest BCUT2D eigenvalue weighted by Gasteiger charge is -2.26. The fourth-order valence-corrected chi connectivity index (χ4v) is 4.82. The van der Waals surface area contributed by atoms with Gasteiger partial charge >= 0.3 is 0 Å². The number of halogens is 2. The van der Waals surface area contributed by atoms with Crippen LogP contribution in [0, 0.1) is 18.7 Å². The van der Waals surface area contributed by atoms with Crippen molar-refractivity contribution in [1.82, 2.24) is 4.90 Å². The number of nitrogens with zero attached hydrogens (tertiary/aromatic N) is 1. The van der Waals surface area contributed by atoms with E-state index in [1.54, 1.807) is 12.1 Å². The van der Waals surface area contributed by atoms with Crippen LogP contribution in [0.2, 0.25) is 0 Å². The summed E-state index contributed by atoms with van der Waals surface area (Å²) in [5.41, 5.74) is 3.88. The number of benzene rings is 2. The van der Waals surface area contributed by atoms with Crippen LogP contribution in [0.5, 0.6) is 0 Å². The van der Waals surface area contributed by atoms with Crippen molar-refractivity contribution in [3.8, 4) is 0 Å². The van der Waals surface area contributed by atoms with Crippen molar-refractivity contribution in [3.63, 3.8) is 0 Å². The Kier molecular flexibility index (Phi) is 5.96. The lowest BCUT2D eigenvalue weighted by Crippen LogP contribution is -2.33. The van der Waals surface area contributed by atoms with Gasteiger partial charge in [0.25, 0.3) is 0 Å². The molecule has 144 valence electrons. The number of rotatable bonds is 7. The van der Waals surface area contributed by atoms with Gasteiger partial charge in [-0.2, -0.15) is 0 Å². The van der Waals surface area contributed by atoms with Gasteiger partial charge in [0.2, 0.25) is 0 Å². The minimum Gasteiger partial charge on any atom is -0.377 e. The van der Waals surface area contributed by atoms with E-state index in [1.165, 1.54) is 34.0 Å². The van der Waals surface area contributed by atoms with Crippen molar-refractivity contribution >= 4 is 15.9 Å². The molecule has 0 aromatic heterocycles. The molecule has 0 radical (unpaired) electrons. The number of hydrogen-bond donors (Lipinski definition) is 0. The highest BCUT2D eigenvalue weighted by molar-refractivity contribution is 9.10. The summed E-state index contributed by atoms with van der Waals surface area (Å²) in [5.74, 6) is 1.07. The van der Waals surface area contributed by atoms with Crippen LogP contribution in [0.25, 0.3) is 0 Å². The van der Waals surface area contributed by atoms with E-state index in [2.05, 4.69) is 46.0 Å². The SMILES string of the molecule is Cc1ccc(CN(CC2CCCO2)CC2CC2c2ccc(F)cc2)c(Br)c1. The molecule has 0 spiro atoms. The van der Waals surface area contributed by atoms with Crippen LogP contribution >= 0.6 is 15.9 Å². The Hall–Kier alpha value is -1.23. The monoisotopic (exact) mass is 431 g/mol. The van der Waals surface area contributed by atoms with Gasteiger partial charge < -0.3 is 4.74 Å². The third-order valence-electron chi connectivity index (χ3n) is 5.80. The van der Waals surface area contributed by atoms with E-state index in [0.717, 1.165) is 32.7 Å². The molecule has 4 rings (SSSR count). The van der Waals surface area contributed by atoms with Crippen molar-refractivity contribution in [2.75, 3.05) is 19.7 Å². The third-order valence-corrected chi connectivity index (χ3v) is 6.54. The zero-order valence-corrected chi connectivity index (χ0v) is 17.4. The second kappa shape index (κ2) is 8.42. The Morgan fingerprint density at radius 3 is 2.67 bits per heavy atom. The molecule has 1 saturated heterocycles. The average molecular weight is 432 g/mol. The molecule has 27 heavy (non-hydrogen) atoms. The predicted molar refractivity (Wildman–Crippen MR) is 110 cm³/mol. The van der Waals surface area contributed by atoms with Gasteiger partial charge in [-0.15, -0.1) is 0 Å². The van der Waals surface area contributed by atoms with Crippen molar-refractivity contribution in [2.24, 2.45) is 5.92 Å². The summed E-state index contributed by atoms with van der Waals surface area (Å²) < 4.78 is 20.3. The fourth-order valence-electron chi connectivity index (χ4n) is 4.20. The van der Waals surface area contributed by atoms with Crippen LogP contribution < -0.4 is 0 Å². The Morgan fingerprint density at radius 1 is 1.15 bits per heavy atom. The first-order valence-electron chi connectivity index (χ1n) is 9.93. The number of ether oxygens (including phenoxy) is 1. The van der Waals surface area contributed by atoms with Crippen LogP contribution in [-0.2, 0) is 11.3 Å². The molecule has 4 heteroatoms. The van der Waals surface area contributed by atoms with E-state index < -0.39 is 0 Å². The molecule has 2 nitrogen and oxygen atoms in total. The maximum Gasteiger partial charge on any atom is 0.123 e. The molecule has 1 aliphatic heterocycles. The van der Waals surface area contributed by atoms with Gasteiger partial charge in [0.15, 0.2) is 0 Å². The standard InChI is InChI=1S/C23H27BrFNO/c1-16-4-5-18(23(24)11-16)13-26(15-21-3-2-10-27-21)14-19-12-22(19)17-6-8-20(25)9-7-17/h4-9,11,19,21-22H,2-3,10,12-15H2,1H3. The third kappa shape index (κ3) is 4.98. The quantitative estimate of drug-likeness (QED) is 0.558. The summed E-state index contributed by atoms with van der Waals surface area (Å²) in [6, 6.07) is 13.7. The first-order valence-corrected chi connectivity index (χ1v) is 10.7. The van der Waals surface area contributed by atoms with Crippen LogP contribution in [0.4, 0.5) is 4.39 Å². The highest BCUT2D eigenvalue weighted by Crippen LogP contribution is 2.48. The molecular formula is C23H27BrFNO. The van der Waals surface area contributed by atoms with Gasteiger partial charge in [-0.05, 0) is 72.9 Å². The molecule has 2 aromatic carbocycles. The van der Waals surface area contributed by atoms with Gasteiger partial charge in [-0.25, -0.2) is 4.39 Å².